The molecule has 1 N–H and O–H groups in total. The molecule has 3 atom stereocenters. The van der Waals surface area contributed by atoms with Crippen LogP contribution in [0.3, 0.4) is 0 Å². The normalized spacial score (nSPS) is 27.0. The van der Waals surface area contributed by atoms with Gasteiger partial charge in [-0.05, 0) is 37.8 Å². The van der Waals surface area contributed by atoms with E-state index in [2.05, 4.69) is 10.2 Å². The minimum absolute atomic E-state index is 0.137. The summed E-state index contributed by atoms with van der Waals surface area (Å²) in [7, 11) is -1.74. The Balaban J connectivity index is 1.80. The lowest BCUT2D eigenvalue weighted by Crippen LogP contribution is -2.68. The van der Waals surface area contributed by atoms with Crippen molar-refractivity contribution in [2.45, 2.75) is 57.0 Å². The first-order valence-electron chi connectivity index (χ1n) is 11.1. The van der Waals surface area contributed by atoms with Crippen molar-refractivity contribution in [1.29, 1.82) is 0 Å². The number of nitrogens with one attached hydrogen (secondary N) is 1. The van der Waals surface area contributed by atoms with E-state index in [0.29, 0.717) is 57.4 Å². The number of alkyl halides is 1. The van der Waals surface area contributed by atoms with Gasteiger partial charge in [0, 0.05) is 45.3 Å². The summed E-state index contributed by atoms with van der Waals surface area (Å²) >= 11 is 0. The van der Waals surface area contributed by atoms with Crippen molar-refractivity contribution in [2.24, 2.45) is 0 Å². The van der Waals surface area contributed by atoms with Crippen molar-refractivity contribution in [2.75, 3.05) is 39.0 Å². The quantitative estimate of drug-likeness (QED) is 0.609. The molecule has 1 aliphatic carbocycles. The summed E-state index contributed by atoms with van der Waals surface area (Å²) in [5, 5.41) is 2.97. The molecule has 1 amide bonds. The van der Waals surface area contributed by atoms with Crippen LogP contribution in [-0.2, 0) is 14.8 Å². The van der Waals surface area contributed by atoms with Gasteiger partial charge in [-0.2, -0.15) is 4.31 Å². The molecule has 31 heavy (non-hydrogen) atoms. The van der Waals surface area contributed by atoms with Crippen LogP contribution in [0.4, 0.5) is 4.39 Å². The molecule has 3 unspecified atom stereocenters. The van der Waals surface area contributed by atoms with Crippen LogP contribution in [0.15, 0.2) is 30.3 Å². The predicted molar refractivity (Wildman–Crippen MR) is 118 cm³/mol. The third-order valence-corrected chi connectivity index (χ3v) is 8.52. The summed E-state index contributed by atoms with van der Waals surface area (Å²) in [6, 6.07) is 8.88. The van der Waals surface area contributed by atoms with E-state index < -0.39 is 28.0 Å². The number of carbonyl (C=O) groups excluding carboxylic acids is 1. The van der Waals surface area contributed by atoms with Gasteiger partial charge in [-0.3, -0.25) is 9.69 Å². The summed E-state index contributed by atoms with van der Waals surface area (Å²) in [6.45, 7) is 3.55. The van der Waals surface area contributed by atoms with Gasteiger partial charge in [-0.1, -0.05) is 25.1 Å². The van der Waals surface area contributed by atoms with E-state index in [1.54, 1.807) is 24.3 Å². The number of hydrogen-bond donors (Lipinski definition) is 1. The second-order valence-corrected chi connectivity index (χ2v) is 10.5. The lowest BCUT2D eigenvalue weighted by Gasteiger charge is -2.53. The fourth-order valence-corrected chi connectivity index (χ4v) is 6.41. The van der Waals surface area contributed by atoms with Crippen LogP contribution >= 0.6 is 0 Å². The van der Waals surface area contributed by atoms with Crippen molar-refractivity contribution in [1.82, 2.24) is 14.5 Å². The second-order valence-electron chi connectivity index (χ2n) is 8.45. The van der Waals surface area contributed by atoms with E-state index in [-0.39, 0.29) is 18.1 Å². The molecule has 1 aromatic rings. The monoisotopic (exact) mass is 455 g/mol. The van der Waals surface area contributed by atoms with Crippen LogP contribution < -0.4 is 5.32 Å². The minimum Gasteiger partial charge on any atom is -0.360 e. The number of ether oxygens (including phenoxy) is 1. The number of nitrogens with zero attached hydrogens (tertiary/aromatic N) is 2. The maximum absolute atomic E-state index is 14.7. The molecule has 2 aliphatic rings. The number of carbonyl (C=O) groups is 1. The molecule has 2 fully saturated rings. The van der Waals surface area contributed by atoms with Gasteiger partial charge in [0.05, 0.1) is 11.3 Å². The van der Waals surface area contributed by atoms with Gasteiger partial charge >= 0.3 is 0 Å². The first kappa shape index (κ1) is 24.1. The van der Waals surface area contributed by atoms with Gasteiger partial charge in [0.25, 0.3) is 5.91 Å². The lowest BCUT2D eigenvalue weighted by atomic mass is 9.77. The van der Waals surface area contributed by atoms with Crippen LogP contribution in [0.1, 0.15) is 49.4 Å². The van der Waals surface area contributed by atoms with Crippen LogP contribution in [0, 0.1) is 0 Å². The predicted octanol–water partition coefficient (Wildman–Crippen LogP) is 2.40. The molecule has 0 radical (unpaired) electrons. The molecule has 1 aliphatic heterocycles. The number of methoxy groups -OCH3 is 1. The largest absolute Gasteiger partial charge is 0.360 e. The van der Waals surface area contributed by atoms with Gasteiger partial charge in [-0.25, -0.2) is 12.8 Å². The Hall–Kier alpha value is -1.55. The minimum atomic E-state index is -3.27. The third kappa shape index (κ3) is 5.45. The molecule has 0 aromatic heterocycles. The molecule has 174 valence electrons. The molecule has 1 heterocycles. The smallest absolute Gasteiger partial charge is 0.253 e. The number of halogens is 1. The third-order valence-electron chi connectivity index (χ3n) is 6.45. The molecule has 0 bridgehead atoms. The van der Waals surface area contributed by atoms with E-state index in [9.17, 15) is 17.6 Å². The van der Waals surface area contributed by atoms with E-state index in [0.717, 1.165) is 0 Å². The maximum atomic E-state index is 14.7. The first-order valence-corrected chi connectivity index (χ1v) is 12.7. The Kier molecular flexibility index (Phi) is 8.07. The molecule has 3 rings (SSSR count). The Morgan fingerprint density at radius 1 is 1.26 bits per heavy atom. The number of amides is 1. The zero-order valence-electron chi connectivity index (χ0n) is 18.4. The zero-order chi connectivity index (χ0) is 22.5. The molecule has 9 heteroatoms. The molecule has 0 spiro atoms. The van der Waals surface area contributed by atoms with Crippen molar-refractivity contribution in [3.05, 3.63) is 35.9 Å². The van der Waals surface area contributed by atoms with Gasteiger partial charge in [0.1, 0.15) is 12.4 Å². The van der Waals surface area contributed by atoms with E-state index in [1.807, 2.05) is 13.0 Å². The van der Waals surface area contributed by atoms with E-state index >= 15 is 0 Å². The van der Waals surface area contributed by atoms with Gasteiger partial charge in [0.2, 0.25) is 10.0 Å². The molecular weight excluding hydrogens is 421 g/mol. The standard InChI is InChI=1S/C22H34FN3O4S/c1-3-16-31(28,29)26-14-12-25(13-15-26)22(11-7-10-19(23)17-22)21(30-2)24-20(27)18-8-5-4-6-9-18/h4-6,8-9,19,21H,3,7,10-17H2,1-2H3,(H,24,27). The molecule has 1 aromatic carbocycles. The van der Waals surface area contributed by atoms with Crippen molar-refractivity contribution < 1.29 is 22.3 Å². The van der Waals surface area contributed by atoms with E-state index in [1.165, 1.54) is 11.4 Å². The van der Waals surface area contributed by atoms with Gasteiger partial charge < -0.3 is 10.1 Å². The van der Waals surface area contributed by atoms with Crippen LogP contribution in [-0.4, -0.2) is 80.5 Å². The van der Waals surface area contributed by atoms with Crippen molar-refractivity contribution in [3.63, 3.8) is 0 Å². The average Bonchev–Trinajstić information content (AvgIpc) is 2.78. The topological polar surface area (TPSA) is 79.0 Å². The van der Waals surface area contributed by atoms with E-state index in [4.69, 9.17) is 4.74 Å². The summed E-state index contributed by atoms with van der Waals surface area (Å²) in [5.74, 6) is -0.129. The van der Waals surface area contributed by atoms with Gasteiger partial charge in [0.15, 0.2) is 0 Å². The van der Waals surface area contributed by atoms with Crippen molar-refractivity contribution >= 4 is 15.9 Å². The highest BCUT2D eigenvalue weighted by Crippen LogP contribution is 2.39. The highest BCUT2D eigenvalue weighted by molar-refractivity contribution is 7.89. The first-order chi connectivity index (χ1) is 14.8. The summed E-state index contributed by atoms with van der Waals surface area (Å²) in [6.07, 6.45) is 1.02. The van der Waals surface area contributed by atoms with Crippen LogP contribution in [0.25, 0.3) is 0 Å². The SMILES string of the molecule is CCCS(=O)(=O)N1CCN(C2(C(NC(=O)c3ccccc3)OC)CCCC(F)C2)CC1. The van der Waals surface area contributed by atoms with Gasteiger partial charge in [-0.15, -0.1) is 0 Å². The fourth-order valence-electron chi connectivity index (χ4n) is 4.91. The Morgan fingerprint density at radius 3 is 2.52 bits per heavy atom. The molecule has 1 saturated carbocycles. The summed E-state index contributed by atoms with van der Waals surface area (Å²) in [5.41, 5.74) is -0.194. The second kappa shape index (κ2) is 10.4. The Labute approximate surface area is 185 Å². The number of piperazine rings is 1. The zero-order valence-corrected chi connectivity index (χ0v) is 19.2. The van der Waals surface area contributed by atoms with Crippen LogP contribution in [0.5, 0.6) is 0 Å². The molecule has 1 saturated heterocycles. The Bertz CT molecular complexity index is 830. The van der Waals surface area contributed by atoms with Crippen LogP contribution in [0.2, 0.25) is 0 Å². The number of benzene rings is 1. The summed E-state index contributed by atoms with van der Waals surface area (Å²) < 4.78 is 46.8. The number of sulfonamides is 1. The number of hydrogen-bond acceptors (Lipinski definition) is 5. The summed E-state index contributed by atoms with van der Waals surface area (Å²) in [4.78, 5) is 15.0. The number of rotatable bonds is 8. The highest BCUT2D eigenvalue weighted by atomic mass is 32.2. The fraction of sp³-hybridized carbons (Fsp3) is 0.682. The maximum Gasteiger partial charge on any atom is 0.253 e. The average molecular weight is 456 g/mol. The molecular formula is C22H34FN3O4S. The van der Waals surface area contributed by atoms with Crippen molar-refractivity contribution in [3.8, 4) is 0 Å². The highest BCUT2D eigenvalue weighted by Gasteiger charge is 2.49. The Morgan fingerprint density at radius 2 is 1.94 bits per heavy atom. The lowest BCUT2D eigenvalue weighted by molar-refractivity contribution is -0.106. The molecule has 7 nitrogen and oxygen atoms in total.